The number of hydrogen-bond donors (Lipinski definition) is 1. The van der Waals surface area contributed by atoms with Crippen LogP contribution in [0.5, 0.6) is 0 Å². The molecule has 7 heteroatoms. The van der Waals surface area contributed by atoms with Crippen LogP contribution in [0.1, 0.15) is 43.2 Å². The van der Waals surface area contributed by atoms with Crippen molar-refractivity contribution in [1.82, 2.24) is 15.1 Å². The van der Waals surface area contributed by atoms with Crippen LogP contribution in [-0.2, 0) is 4.74 Å². The van der Waals surface area contributed by atoms with E-state index in [-0.39, 0.29) is 12.1 Å². The van der Waals surface area contributed by atoms with Gasteiger partial charge in [-0.3, -0.25) is 0 Å². The van der Waals surface area contributed by atoms with Gasteiger partial charge in [-0.25, -0.2) is 4.98 Å². The van der Waals surface area contributed by atoms with Crippen LogP contribution in [-0.4, -0.2) is 22.2 Å². The molecular weight excluding hydrogens is 252 g/mol. The maximum Gasteiger partial charge on any atom is 0.277 e. The molecule has 2 atom stereocenters. The fourth-order valence-electron chi connectivity index (χ4n) is 1.52. The quantitative estimate of drug-likeness (QED) is 0.895. The summed E-state index contributed by atoms with van der Waals surface area (Å²) in [6, 6.07) is -0.0893. The number of nitrogens with two attached hydrogens (primary N) is 1. The molecule has 2 aromatic rings. The van der Waals surface area contributed by atoms with Crippen molar-refractivity contribution in [2.24, 2.45) is 5.73 Å². The Morgan fingerprint density at radius 2 is 2.28 bits per heavy atom. The highest BCUT2D eigenvalue weighted by Gasteiger charge is 2.18. The van der Waals surface area contributed by atoms with Crippen molar-refractivity contribution in [2.75, 3.05) is 7.11 Å². The Morgan fingerprint density at radius 1 is 1.50 bits per heavy atom. The number of ether oxygens (including phenoxy) is 1. The average Bonchev–Trinajstić information content (AvgIpc) is 2.98. The van der Waals surface area contributed by atoms with Gasteiger partial charge in [0.1, 0.15) is 16.8 Å². The third-order valence-corrected chi connectivity index (χ3v) is 3.56. The van der Waals surface area contributed by atoms with Crippen molar-refractivity contribution >= 4 is 11.3 Å². The van der Waals surface area contributed by atoms with Gasteiger partial charge in [-0.15, -0.1) is 11.3 Å². The van der Waals surface area contributed by atoms with E-state index in [0.29, 0.717) is 17.4 Å². The van der Waals surface area contributed by atoms with Crippen LogP contribution in [0.3, 0.4) is 0 Å². The first-order chi connectivity index (χ1) is 8.65. The number of aromatic nitrogens is 3. The highest BCUT2D eigenvalue weighted by Crippen LogP contribution is 2.25. The lowest BCUT2D eigenvalue weighted by molar-refractivity contribution is 0.0903. The molecule has 2 aromatic heterocycles. The summed E-state index contributed by atoms with van der Waals surface area (Å²) in [4.78, 5) is 8.66. The number of methoxy groups -OCH3 is 1. The summed E-state index contributed by atoms with van der Waals surface area (Å²) in [6.07, 6.45) is 0.645. The summed E-state index contributed by atoms with van der Waals surface area (Å²) in [7, 11) is 1.63. The molecule has 0 spiro atoms. The maximum atomic E-state index is 5.76. The second-order valence-electron chi connectivity index (χ2n) is 3.95. The molecular formula is C11H16N4O2S. The van der Waals surface area contributed by atoms with Gasteiger partial charge in [0, 0.05) is 12.5 Å². The van der Waals surface area contributed by atoms with Crippen LogP contribution < -0.4 is 5.73 Å². The standard InChI is InChI=1S/C11H16N4O2S/c1-4-8(16-3)9-14-10(17-15-9)7-5-18-11(13-7)6(2)12/h5-6,8H,4,12H2,1-3H3. The van der Waals surface area contributed by atoms with Crippen LogP contribution in [0.4, 0.5) is 0 Å². The Balaban J connectivity index is 2.23. The molecule has 6 nitrogen and oxygen atoms in total. The SMILES string of the molecule is CCC(OC)c1noc(-c2csc(C(C)N)n2)n1. The molecule has 2 unspecified atom stereocenters. The van der Waals surface area contributed by atoms with E-state index in [1.807, 2.05) is 19.2 Å². The van der Waals surface area contributed by atoms with Gasteiger partial charge in [-0.2, -0.15) is 4.98 Å². The molecule has 18 heavy (non-hydrogen) atoms. The first-order valence-corrected chi connectivity index (χ1v) is 6.61. The number of hydrogen-bond acceptors (Lipinski definition) is 7. The summed E-state index contributed by atoms with van der Waals surface area (Å²) >= 11 is 1.49. The molecule has 0 saturated heterocycles. The smallest absolute Gasteiger partial charge is 0.277 e. The first kappa shape index (κ1) is 13.1. The van der Waals surface area contributed by atoms with Gasteiger partial charge >= 0.3 is 0 Å². The van der Waals surface area contributed by atoms with E-state index in [2.05, 4.69) is 15.1 Å². The maximum absolute atomic E-state index is 5.76. The molecule has 2 heterocycles. The minimum Gasteiger partial charge on any atom is -0.373 e. The van der Waals surface area contributed by atoms with Crippen molar-refractivity contribution in [3.05, 3.63) is 16.2 Å². The van der Waals surface area contributed by atoms with E-state index in [4.69, 9.17) is 15.0 Å². The van der Waals surface area contributed by atoms with Gasteiger partial charge < -0.3 is 15.0 Å². The van der Waals surface area contributed by atoms with E-state index in [0.717, 1.165) is 11.4 Å². The second-order valence-corrected chi connectivity index (χ2v) is 4.84. The minimum atomic E-state index is -0.144. The Kier molecular flexibility index (Phi) is 4.05. The Bertz CT molecular complexity index is 505. The van der Waals surface area contributed by atoms with E-state index in [1.54, 1.807) is 7.11 Å². The zero-order valence-corrected chi connectivity index (χ0v) is 11.4. The molecule has 0 aromatic carbocycles. The summed E-state index contributed by atoms with van der Waals surface area (Å²) in [5.74, 6) is 0.953. The fraction of sp³-hybridized carbons (Fsp3) is 0.545. The Morgan fingerprint density at radius 3 is 2.83 bits per heavy atom. The normalized spacial score (nSPS) is 14.7. The van der Waals surface area contributed by atoms with Gasteiger partial charge in [0.05, 0.1) is 6.04 Å². The predicted molar refractivity (Wildman–Crippen MR) is 68.0 cm³/mol. The topological polar surface area (TPSA) is 87.1 Å². The van der Waals surface area contributed by atoms with Gasteiger partial charge in [-0.05, 0) is 13.3 Å². The van der Waals surface area contributed by atoms with Crippen molar-refractivity contribution in [3.63, 3.8) is 0 Å². The van der Waals surface area contributed by atoms with Gasteiger partial charge in [0.2, 0.25) is 5.82 Å². The predicted octanol–water partition coefficient (Wildman–Crippen LogP) is 2.31. The van der Waals surface area contributed by atoms with Crippen LogP contribution in [0.15, 0.2) is 9.90 Å². The molecule has 0 radical (unpaired) electrons. The summed E-state index contributed by atoms with van der Waals surface area (Å²) in [5, 5.41) is 6.63. The number of rotatable bonds is 5. The highest BCUT2D eigenvalue weighted by atomic mass is 32.1. The van der Waals surface area contributed by atoms with Crippen LogP contribution in [0, 0.1) is 0 Å². The van der Waals surface area contributed by atoms with Crippen LogP contribution >= 0.6 is 11.3 Å². The zero-order valence-electron chi connectivity index (χ0n) is 10.6. The van der Waals surface area contributed by atoms with Crippen molar-refractivity contribution < 1.29 is 9.26 Å². The first-order valence-electron chi connectivity index (χ1n) is 5.73. The lowest BCUT2D eigenvalue weighted by Crippen LogP contribution is -2.04. The number of nitrogens with zero attached hydrogens (tertiary/aromatic N) is 3. The van der Waals surface area contributed by atoms with E-state index in [9.17, 15) is 0 Å². The molecule has 0 fully saturated rings. The second kappa shape index (κ2) is 5.55. The minimum absolute atomic E-state index is 0.0893. The van der Waals surface area contributed by atoms with Crippen molar-refractivity contribution in [3.8, 4) is 11.6 Å². The molecule has 0 aliphatic rings. The zero-order chi connectivity index (χ0) is 13.1. The van der Waals surface area contributed by atoms with E-state index in [1.165, 1.54) is 11.3 Å². The van der Waals surface area contributed by atoms with Gasteiger partial charge in [0.25, 0.3) is 5.89 Å². The summed E-state index contributed by atoms with van der Waals surface area (Å²) in [5.41, 5.74) is 6.43. The third-order valence-electron chi connectivity index (χ3n) is 2.52. The third kappa shape index (κ3) is 2.58. The number of thiazole rings is 1. The fourth-order valence-corrected chi connectivity index (χ4v) is 2.27. The monoisotopic (exact) mass is 268 g/mol. The molecule has 0 amide bonds. The van der Waals surface area contributed by atoms with Crippen molar-refractivity contribution in [2.45, 2.75) is 32.4 Å². The Hall–Kier alpha value is -1.31. The molecule has 98 valence electrons. The molecule has 0 bridgehead atoms. The Labute approximate surface area is 109 Å². The molecule has 0 saturated carbocycles. The lowest BCUT2D eigenvalue weighted by Gasteiger charge is -2.05. The summed E-state index contributed by atoms with van der Waals surface area (Å²) in [6.45, 7) is 3.89. The molecule has 2 N–H and O–H groups in total. The van der Waals surface area contributed by atoms with Gasteiger partial charge in [-0.1, -0.05) is 12.1 Å². The van der Waals surface area contributed by atoms with Gasteiger partial charge in [0.15, 0.2) is 0 Å². The van der Waals surface area contributed by atoms with E-state index >= 15 is 0 Å². The van der Waals surface area contributed by atoms with Crippen LogP contribution in [0.2, 0.25) is 0 Å². The largest absolute Gasteiger partial charge is 0.373 e. The summed E-state index contributed by atoms with van der Waals surface area (Å²) < 4.78 is 10.4. The van der Waals surface area contributed by atoms with Crippen molar-refractivity contribution in [1.29, 1.82) is 0 Å². The lowest BCUT2D eigenvalue weighted by atomic mass is 10.2. The van der Waals surface area contributed by atoms with E-state index < -0.39 is 0 Å². The van der Waals surface area contributed by atoms with Crippen LogP contribution in [0.25, 0.3) is 11.6 Å². The highest BCUT2D eigenvalue weighted by molar-refractivity contribution is 7.10. The molecule has 2 rings (SSSR count). The average molecular weight is 268 g/mol. The molecule has 0 aliphatic heterocycles. The molecule has 0 aliphatic carbocycles.